The van der Waals surface area contributed by atoms with E-state index in [9.17, 15) is 14.4 Å². The fourth-order valence-electron chi connectivity index (χ4n) is 3.38. The van der Waals surface area contributed by atoms with Gasteiger partial charge >= 0.3 is 11.9 Å². The van der Waals surface area contributed by atoms with Crippen molar-refractivity contribution in [3.63, 3.8) is 0 Å². The summed E-state index contributed by atoms with van der Waals surface area (Å²) in [5.74, 6) is -1.32. The number of nitrogens with one attached hydrogen (secondary N) is 1. The summed E-state index contributed by atoms with van der Waals surface area (Å²) in [5.41, 5.74) is 1.40. The van der Waals surface area contributed by atoms with E-state index in [1.165, 1.54) is 15.5 Å². The first-order chi connectivity index (χ1) is 17.8. The number of benzene rings is 1. The molecule has 13 heteroatoms. The summed E-state index contributed by atoms with van der Waals surface area (Å²) in [6.07, 6.45) is 1.21. The second kappa shape index (κ2) is 11.1. The molecule has 1 amide bonds. The van der Waals surface area contributed by atoms with Gasteiger partial charge in [-0.25, -0.2) is 14.3 Å². The van der Waals surface area contributed by atoms with Crippen molar-refractivity contribution in [2.24, 2.45) is 0 Å². The van der Waals surface area contributed by atoms with Gasteiger partial charge < -0.3 is 14.8 Å². The number of amides is 1. The first kappa shape index (κ1) is 25.7. The number of esters is 2. The van der Waals surface area contributed by atoms with E-state index in [2.05, 4.69) is 25.8 Å². The van der Waals surface area contributed by atoms with Gasteiger partial charge in [-0.05, 0) is 44.5 Å². The lowest BCUT2D eigenvalue weighted by Crippen LogP contribution is -2.18. The molecule has 0 atom stereocenters. The van der Waals surface area contributed by atoms with Gasteiger partial charge in [0.15, 0.2) is 12.4 Å². The number of hydrogen-bond donors (Lipinski definition) is 1. The van der Waals surface area contributed by atoms with Crippen molar-refractivity contribution in [3.05, 3.63) is 64.3 Å². The van der Waals surface area contributed by atoms with Crippen LogP contribution in [0.1, 0.15) is 56.9 Å². The summed E-state index contributed by atoms with van der Waals surface area (Å²) < 4.78 is 11.9. The predicted molar refractivity (Wildman–Crippen MR) is 134 cm³/mol. The van der Waals surface area contributed by atoms with Crippen LogP contribution in [0.3, 0.4) is 0 Å². The van der Waals surface area contributed by atoms with E-state index in [0.29, 0.717) is 11.4 Å². The first-order valence-corrected chi connectivity index (χ1v) is 12.3. The minimum absolute atomic E-state index is 0.0929. The molecule has 0 spiro atoms. The molecule has 0 unspecified atom stereocenters. The quantitative estimate of drug-likeness (QED) is 0.326. The van der Waals surface area contributed by atoms with E-state index >= 15 is 0 Å². The SMILES string of the molecule is CCOC(=O)c1sc(NC(=O)c2ccn(Cn3nnc(-c4ccccc4)n3)n2)c(C(=O)OC(C)C)c1C. The van der Waals surface area contributed by atoms with Crippen LogP contribution in [0.5, 0.6) is 0 Å². The average Bonchev–Trinajstić information content (AvgIpc) is 3.59. The minimum atomic E-state index is -0.647. The highest BCUT2D eigenvalue weighted by Crippen LogP contribution is 2.34. The van der Waals surface area contributed by atoms with Gasteiger partial charge in [-0.15, -0.1) is 26.3 Å². The zero-order valence-corrected chi connectivity index (χ0v) is 21.5. The van der Waals surface area contributed by atoms with Gasteiger partial charge in [-0.2, -0.15) is 5.10 Å². The molecule has 1 aromatic carbocycles. The number of hydrogen-bond acceptors (Lipinski definition) is 10. The number of carbonyl (C=O) groups excluding carboxylic acids is 3. The molecule has 0 aliphatic rings. The molecule has 0 radical (unpaired) electrons. The molecule has 12 nitrogen and oxygen atoms in total. The molecule has 1 N–H and O–H groups in total. The number of carbonyl (C=O) groups is 3. The molecule has 0 aliphatic carbocycles. The van der Waals surface area contributed by atoms with Crippen LogP contribution in [0.25, 0.3) is 11.4 Å². The summed E-state index contributed by atoms with van der Waals surface area (Å²) in [5, 5.41) is 19.5. The van der Waals surface area contributed by atoms with E-state index in [1.807, 2.05) is 30.3 Å². The Hall–Kier alpha value is -4.39. The van der Waals surface area contributed by atoms with Crippen molar-refractivity contribution in [3.8, 4) is 11.4 Å². The van der Waals surface area contributed by atoms with E-state index in [-0.39, 0.29) is 40.5 Å². The van der Waals surface area contributed by atoms with Crippen LogP contribution >= 0.6 is 11.3 Å². The van der Waals surface area contributed by atoms with E-state index in [4.69, 9.17) is 9.47 Å². The summed E-state index contributed by atoms with van der Waals surface area (Å²) in [6.45, 7) is 7.02. The van der Waals surface area contributed by atoms with Crippen molar-refractivity contribution < 1.29 is 23.9 Å². The molecule has 0 fully saturated rings. The summed E-state index contributed by atoms with van der Waals surface area (Å²) in [6, 6.07) is 10.9. The lowest BCUT2D eigenvalue weighted by atomic mass is 10.1. The topological polar surface area (TPSA) is 143 Å². The number of tetrazole rings is 1. The Balaban J connectivity index is 1.52. The van der Waals surface area contributed by atoms with Crippen LogP contribution in [0, 0.1) is 6.92 Å². The lowest BCUT2D eigenvalue weighted by molar-refractivity contribution is 0.0379. The molecular formula is C24H25N7O5S. The van der Waals surface area contributed by atoms with E-state index in [1.54, 1.807) is 33.9 Å². The third kappa shape index (κ3) is 5.89. The Labute approximate surface area is 216 Å². The van der Waals surface area contributed by atoms with Crippen LogP contribution in [0.4, 0.5) is 5.00 Å². The monoisotopic (exact) mass is 523 g/mol. The molecule has 0 saturated carbocycles. The Bertz CT molecular complexity index is 1420. The van der Waals surface area contributed by atoms with E-state index in [0.717, 1.165) is 16.9 Å². The van der Waals surface area contributed by atoms with Crippen molar-refractivity contribution in [2.45, 2.75) is 40.5 Å². The maximum atomic E-state index is 13.0. The number of rotatable bonds is 9. The maximum Gasteiger partial charge on any atom is 0.348 e. The number of aromatic nitrogens is 6. The Kier molecular flexibility index (Phi) is 7.72. The Morgan fingerprint density at radius 1 is 1.08 bits per heavy atom. The number of nitrogens with zero attached hydrogens (tertiary/aromatic N) is 6. The summed E-state index contributed by atoms with van der Waals surface area (Å²) >= 11 is 0.948. The number of anilines is 1. The molecule has 4 aromatic rings. The normalized spacial score (nSPS) is 10.9. The van der Waals surface area contributed by atoms with Gasteiger partial charge in [0, 0.05) is 11.8 Å². The highest BCUT2D eigenvalue weighted by Gasteiger charge is 2.28. The summed E-state index contributed by atoms with van der Waals surface area (Å²) in [4.78, 5) is 39.7. The van der Waals surface area contributed by atoms with Crippen molar-refractivity contribution in [1.29, 1.82) is 0 Å². The first-order valence-electron chi connectivity index (χ1n) is 11.5. The van der Waals surface area contributed by atoms with Crippen LogP contribution in [-0.4, -0.2) is 60.5 Å². The van der Waals surface area contributed by atoms with Crippen LogP contribution in [0.15, 0.2) is 42.6 Å². The second-order valence-electron chi connectivity index (χ2n) is 8.12. The smallest absolute Gasteiger partial charge is 0.348 e. The highest BCUT2D eigenvalue weighted by molar-refractivity contribution is 7.18. The zero-order valence-electron chi connectivity index (χ0n) is 20.7. The Morgan fingerprint density at radius 3 is 2.54 bits per heavy atom. The van der Waals surface area contributed by atoms with Crippen molar-refractivity contribution >= 4 is 34.2 Å². The van der Waals surface area contributed by atoms with Gasteiger partial charge in [0.1, 0.15) is 9.88 Å². The fourth-order valence-corrected chi connectivity index (χ4v) is 4.46. The molecule has 4 rings (SSSR count). The molecule has 3 aromatic heterocycles. The van der Waals surface area contributed by atoms with Crippen LogP contribution in [0.2, 0.25) is 0 Å². The van der Waals surface area contributed by atoms with Crippen LogP contribution in [-0.2, 0) is 16.1 Å². The molecule has 37 heavy (non-hydrogen) atoms. The lowest BCUT2D eigenvalue weighted by Gasteiger charge is -2.10. The molecule has 0 saturated heterocycles. The third-order valence-corrected chi connectivity index (χ3v) is 6.20. The van der Waals surface area contributed by atoms with Gasteiger partial charge in [0.05, 0.1) is 18.3 Å². The van der Waals surface area contributed by atoms with Gasteiger partial charge in [-0.3, -0.25) is 4.79 Å². The molecular weight excluding hydrogens is 498 g/mol. The standard InChI is InChI=1S/C24H25N7O5S/c1-5-35-24(34)19-15(4)18(23(33)36-14(2)3)22(37-19)25-21(32)17-11-12-30(27-17)13-31-28-20(26-29-31)16-9-7-6-8-10-16/h6-12,14H,5,13H2,1-4H3,(H,25,32). The maximum absolute atomic E-state index is 13.0. The number of thiophene rings is 1. The highest BCUT2D eigenvalue weighted by atomic mass is 32.1. The van der Waals surface area contributed by atoms with Gasteiger partial charge in [0.25, 0.3) is 5.91 Å². The molecule has 0 aliphatic heterocycles. The molecule has 0 bridgehead atoms. The average molecular weight is 524 g/mol. The second-order valence-corrected chi connectivity index (χ2v) is 9.14. The third-order valence-electron chi connectivity index (χ3n) is 5.01. The molecule has 3 heterocycles. The van der Waals surface area contributed by atoms with E-state index < -0.39 is 17.8 Å². The predicted octanol–water partition coefficient (Wildman–Crippen LogP) is 3.41. The largest absolute Gasteiger partial charge is 0.462 e. The Morgan fingerprint density at radius 2 is 1.84 bits per heavy atom. The van der Waals surface area contributed by atoms with Crippen molar-refractivity contribution in [1.82, 2.24) is 30.0 Å². The molecule has 192 valence electrons. The van der Waals surface area contributed by atoms with Gasteiger partial charge in [0.2, 0.25) is 5.82 Å². The van der Waals surface area contributed by atoms with Crippen molar-refractivity contribution in [2.75, 3.05) is 11.9 Å². The number of ether oxygens (including phenoxy) is 2. The van der Waals surface area contributed by atoms with Gasteiger partial charge in [-0.1, -0.05) is 30.3 Å². The van der Waals surface area contributed by atoms with Crippen LogP contribution < -0.4 is 5.32 Å². The fraction of sp³-hybridized carbons (Fsp3) is 0.292. The summed E-state index contributed by atoms with van der Waals surface area (Å²) in [7, 11) is 0. The minimum Gasteiger partial charge on any atom is -0.462 e. The zero-order chi connectivity index (χ0) is 26.5.